The van der Waals surface area contributed by atoms with Gasteiger partial charge >= 0.3 is 35.5 Å². The van der Waals surface area contributed by atoms with Crippen molar-refractivity contribution in [3.63, 3.8) is 0 Å². The zero-order valence-corrected chi connectivity index (χ0v) is 35.1. The number of hydrogen-bond acceptors (Lipinski definition) is 9. The first kappa shape index (κ1) is 44.5. The first-order valence-electron chi connectivity index (χ1n) is 17.3. The van der Waals surface area contributed by atoms with Gasteiger partial charge in [-0.05, 0) is 72.4 Å². The molecule has 2 N–H and O–H groups in total. The standard InChI is InChI=1S/C39H52N2O10S.Na/c1-38(2,3)32-26-29(51-35-25-28(11-13-31(32)35)40(17-22-48-6)18-23-49-7)9-8-10-36-39(4,16-21-47-5)33-27-30(52(44,45)46)12-14-34(33)41(36)19-24-50-20-15-37(42)43;/h8-14,25-27H,15-24H2,1-7H3,(H-,42,43,44,45,46);/q;+1/p+1. The molecule has 0 aromatic heterocycles. The number of rotatable bonds is 18. The molecule has 1 unspecified atom stereocenters. The topological polar surface area (TPSA) is 148 Å². The van der Waals surface area contributed by atoms with E-state index in [1.54, 1.807) is 27.4 Å². The van der Waals surface area contributed by atoms with E-state index in [9.17, 15) is 17.8 Å². The molecule has 0 fully saturated rings. The number of fused-ring (bicyclic) bond motifs is 2. The molecule has 1 aromatic carbocycles. The molecule has 1 aromatic rings. The van der Waals surface area contributed by atoms with Crippen molar-refractivity contribution in [3.05, 3.63) is 82.6 Å². The quantitative estimate of drug-likeness (QED) is 0.0851. The largest absolute Gasteiger partial charge is 1.00 e. The summed E-state index contributed by atoms with van der Waals surface area (Å²) in [6.45, 7) is 12.1. The van der Waals surface area contributed by atoms with Crippen LogP contribution in [0.5, 0.6) is 0 Å². The Morgan fingerprint density at radius 1 is 0.962 bits per heavy atom. The molecule has 284 valence electrons. The monoisotopic (exact) mass is 764 g/mol. The molecule has 2 aliphatic heterocycles. The number of carboxylic acids is 1. The van der Waals surface area contributed by atoms with E-state index in [-0.39, 0.29) is 59.5 Å². The van der Waals surface area contributed by atoms with Crippen molar-refractivity contribution in [1.82, 2.24) is 4.58 Å². The molecule has 0 saturated carbocycles. The number of allylic oxidation sites excluding steroid dienone is 3. The van der Waals surface area contributed by atoms with Crippen molar-refractivity contribution in [2.75, 3.05) is 78.9 Å². The van der Waals surface area contributed by atoms with Crippen LogP contribution in [0, 0.1) is 0 Å². The van der Waals surface area contributed by atoms with Crippen LogP contribution in [0.3, 0.4) is 0 Å². The Morgan fingerprint density at radius 3 is 2.25 bits per heavy atom. The van der Waals surface area contributed by atoms with E-state index < -0.39 is 21.5 Å². The van der Waals surface area contributed by atoms with Gasteiger partial charge in [0.15, 0.2) is 13.1 Å². The summed E-state index contributed by atoms with van der Waals surface area (Å²) >= 11 is 0. The summed E-state index contributed by atoms with van der Waals surface area (Å²) in [5.74, 6) is 0.452. The van der Waals surface area contributed by atoms with Gasteiger partial charge in [-0.25, -0.2) is 4.58 Å². The number of aliphatic carboxylic acids is 1. The van der Waals surface area contributed by atoms with Gasteiger partial charge in [-0.2, -0.15) is 8.42 Å². The first-order valence-corrected chi connectivity index (χ1v) is 18.8. The van der Waals surface area contributed by atoms with Gasteiger partial charge in [0.2, 0.25) is 5.36 Å². The molecule has 4 rings (SSSR count). The average molecular weight is 765 g/mol. The second kappa shape index (κ2) is 19.7. The molecular formula is C39H53N2NaO10S+2. The van der Waals surface area contributed by atoms with Gasteiger partial charge in [-0.15, -0.1) is 0 Å². The number of methoxy groups -OCH3 is 3. The minimum atomic E-state index is -4.46. The minimum absolute atomic E-state index is 0. The van der Waals surface area contributed by atoms with E-state index in [4.69, 9.17) is 28.5 Å². The molecule has 0 amide bonds. The van der Waals surface area contributed by atoms with E-state index in [1.165, 1.54) is 12.1 Å². The van der Waals surface area contributed by atoms with Gasteiger partial charge in [0, 0.05) is 62.9 Å². The molecule has 1 atom stereocenters. The minimum Gasteiger partial charge on any atom is -0.481 e. The fourth-order valence-electron chi connectivity index (χ4n) is 6.52. The van der Waals surface area contributed by atoms with E-state index >= 15 is 0 Å². The van der Waals surface area contributed by atoms with E-state index in [2.05, 4.69) is 49.6 Å². The zero-order chi connectivity index (χ0) is 38.1. The second-order valence-electron chi connectivity index (χ2n) is 14.0. The number of ether oxygens (including phenoxy) is 4. The summed E-state index contributed by atoms with van der Waals surface area (Å²) in [6, 6.07) is 12.9. The van der Waals surface area contributed by atoms with Gasteiger partial charge in [-0.3, -0.25) is 9.35 Å². The predicted molar refractivity (Wildman–Crippen MR) is 200 cm³/mol. The number of hydrogen-bond donors (Lipinski definition) is 2. The van der Waals surface area contributed by atoms with E-state index in [0.29, 0.717) is 57.2 Å². The normalized spacial score (nSPS) is 16.8. The Hall–Kier alpha value is -2.85. The maximum atomic E-state index is 12.2. The van der Waals surface area contributed by atoms with Crippen molar-refractivity contribution >= 4 is 27.9 Å². The third-order valence-corrected chi connectivity index (χ3v) is 10.2. The fraction of sp³-hybridized carbons (Fsp3) is 0.487. The summed E-state index contributed by atoms with van der Waals surface area (Å²) < 4.78 is 64.9. The Morgan fingerprint density at radius 2 is 1.64 bits per heavy atom. The molecule has 0 spiro atoms. The molecule has 0 saturated heterocycles. The van der Waals surface area contributed by atoms with Crippen LogP contribution in [-0.2, 0) is 44.7 Å². The number of carbonyl (C=O) groups is 1. The Bertz CT molecular complexity index is 1910. The van der Waals surface area contributed by atoms with Crippen molar-refractivity contribution in [1.29, 1.82) is 0 Å². The van der Waals surface area contributed by atoms with Crippen LogP contribution in [0.2, 0.25) is 0 Å². The summed E-state index contributed by atoms with van der Waals surface area (Å²) in [7, 11) is 0.521. The Kier molecular flexibility index (Phi) is 16.5. The van der Waals surface area contributed by atoms with Gasteiger partial charge in [0.05, 0.1) is 30.6 Å². The van der Waals surface area contributed by atoms with Gasteiger partial charge < -0.3 is 33.4 Å². The summed E-state index contributed by atoms with van der Waals surface area (Å²) in [6.07, 6.45) is 6.20. The molecule has 1 aliphatic carbocycles. The van der Waals surface area contributed by atoms with Gasteiger partial charge in [0.25, 0.3) is 10.1 Å². The summed E-state index contributed by atoms with van der Waals surface area (Å²) in [4.78, 5) is 12.9. The molecular weight excluding hydrogens is 711 g/mol. The maximum absolute atomic E-state index is 12.2. The van der Waals surface area contributed by atoms with Crippen molar-refractivity contribution in [2.24, 2.45) is 0 Å². The number of anilines is 1. The van der Waals surface area contributed by atoms with Crippen molar-refractivity contribution in [3.8, 4) is 11.3 Å². The number of nitrogens with zero attached hydrogens (tertiary/aromatic N) is 2. The Balaban J connectivity index is 0.00000756. The van der Waals surface area contributed by atoms with Crippen LogP contribution in [0.4, 0.5) is 5.69 Å². The van der Waals surface area contributed by atoms with Crippen LogP contribution in [0.15, 0.2) is 69.6 Å². The average Bonchev–Trinajstić information content (AvgIpc) is 3.32. The molecule has 2 heterocycles. The van der Waals surface area contributed by atoms with Crippen molar-refractivity contribution in [2.45, 2.75) is 56.3 Å². The zero-order valence-electron chi connectivity index (χ0n) is 32.3. The van der Waals surface area contributed by atoms with E-state index in [1.807, 2.05) is 30.1 Å². The SMILES string of the molecule is COCC[N+](CCOC)=c1ccc2c(C(C)(C)C)cc(/C=C/C=C3/N(CCOCCC(=O)O)c4ccc(S(=O)(=O)O)cc4C3(C)CCOC)oc-2c1.[Na+]. The Labute approximate surface area is 335 Å². The smallest absolute Gasteiger partial charge is 0.481 e. The van der Waals surface area contributed by atoms with Gasteiger partial charge in [-0.1, -0.05) is 26.8 Å². The third-order valence-electron chi connectivity index (χ3n) is 9.32. The summed E-state index contributed by atoms with van der Waals surface area (Å²) in [5, 5.41) is 10.0. The molecule has 3 aliphatic rings. The third kappa shape index (κ3) is 11.3. The van der Waals surface area contributed by atoms with Crippen LogP contribution >= 0.6 is 0 Å². The second-order valence-corrected chi connectivity index (χ2v) is 15.4. The maximum Gasteiger partial charge on any atom is 1.00 e. The molecule has 14 heteroatoms. The van der Waals surface area contributed by atoms with Crippen LogP contribution < -0.4 is 44.4 Å². The fourth-order valence-corrected chi connectivity index (χ4v) is 7.03. The van der Waals surface area contributed by atoms with E-state index in [0.717, 1.165) is 33.6 Å². The number of carboxylic acid groups (broad SMARTS) is 1. The molecule has 53 heavy (non-hydrogen) atoms. The van der Waals surface area contributed by atoms with Crippen LogP contribution in [0.1, 0.15) is 57.4 Å². The van der Waals surface area contributed by atoms with Crippen LogP contribution in [-0.4, -0.2) is 98.0 Å². The van der Waals surface area contributed by atoms with Crippen molar-refractivity contribution < 1.29 is 75.8 Å². The molecule has 0 bridgehead atoms. The molecule has 0 radical (unpaired) electrons. The predicted octanol–water partition coefficient (Wildman–Crippen LogP) is 2.20. The molecule has 12 nitrogen and oxygen atoms in total. The first-order chi connectivity index (χ1) is 24.6. The summed E-state index contributed by atoms with van der Waals surface area (Å²) in [5.41, 5.74) is 3.59. The van der Waals surface area contributed by atoms with Crippen LogP contribution in [0.25, 0.3) is 17.4 Å². The van der Waals surface area contributed by atoms with Gasteiger partial charge in [0.1, 0.15) is 24.7 Å². The number of benzene rings is 2.